The Bertz CT molecular complexity index is 758. The number of rotatable bonds is 5. The number of benzene rings is 1. The summed E-state index contributed by atoms with van der Waals surface area (Å²) in [6.45, 7) is 4.06. The van der Waals surface area contributed by atoms with E-state index in [1.54, 1.807) is 20.2 Å². The van der Waals surface area contributed by atoms with Crippen LogP contribution in [-0.4, -0.2) is 41.9 Å². The molecule has 0 fully saturated rings. The van der Waals surface area contributed by atoms with E-state index in [-0.39, 0.29) is 18.4 Å². The van der Waals surface area contributed by atoms with Crippen molar-refractivity contribution >= 4 is 17.9 Å². The Hall–Kier alpha value is -2.82. The maximum absolute atomic E-state index is 11.8. The molecule has 126 valence electrons. The summed E-state index contributed by atoms with van der Waals surface area (Å²) in [5.41, 5.74) is 4.23. The van der Waals surface area contributed by atoms with Gasteiger partial charge in [-0.15, -0.1) is 0 Å². The number of amides is 2. The molecule has 1 N–H and O–H groups in total. The number of carbonyl (C=O) groups excluding carboxylic acids is 2. The van der Waals surface area contributed by atoms with Crippen molar-refractivity contribution in [1.29, 1.82) is 0 Å². The van der Waals surface area contributed by atoms with Crippen LogP contribution in [0.1, 0.15) is 17.0 Å². The van der Waals surface area contributed by atoms with Gasteiger partial charge in [0.05, 0.1) is 6.54 Å². The van der Waals surface area contributed by atoms with Crippen LogP contribution in [0.15, 0.2) is 42.5 Å². The summed E-state index contributed by atoms with van der Waals surface area (Å²) in [6, 6.07) is 12.1. The van der Waals surface area contributed by atoms with Gasteiger partial charge in [0, 0.05) is 37.2 Å². The molecule has 0 bridgehead atoms. The summed E-state index contributed by atoms with van der Waals surface area (Å²) >= 11 is 0. The Labute approximate surface area is 142 Å². The van der Waals surface area contributed by atoms with Crippen molar-refractivity contribution in [3.8, 4) is 5.69 Å². The van der Waals surface area contributed by atoms with Gasteiger partial charge in [-0.05, 0) is 43.7 Å². The van der Waals surface area contributed by atoms with Crippen LogP contribution in [0.5, 0.6) is 0 Å². The Morgan fingerprint density at radius 2 is 1.83 bits per heavy atom. The SMILES string of the molecule is Cc1cc(/C=C/C(=O)NCC(=O)N(C)C)c(C)n1-c1ccccc1. The molecule has 5 nitrogen and oxygen atoms in total. The molecule has 0 spiro atoms. The normalized spacial score (nSPS) is 10.8. The third-order valence-electron chi connectivity index (χ3n) is 3.81. The van der Waals surface area contributed by atoms with Crippen molar-refractivity contribution in [2.24, 2.45) is 0 Å². The first-order valence-electron chi connectivity index (χ1n) is 7.80. The zero-order chi connectivity index (χ0) is 17.7. The molecule has 0 radical (unpaired) electrons. The van der Waals surface area contributed by atoms with Gasteiger partial charge in [-0.2, -0.15) is 0 Å². The van der Waals surface area contributed by atoms with Gasteiger partial charge in [0.2, 0.25) is 11.8 Å². The largest absolute Gasteiger partial charge is 0.347 e. The molecule has 2 aromatic rings. The summed E-state index contributed by atoms with van der Waals surface area (Å²) in [5, 5.41) is 2.58. The maximum atomic E-state index is 11.8. The molecule has 0 saturated heterocycles. The van der Waals surface area contributed by atoms with E-state index in [0.717, 1.165) is 22.6 Å². The molecule has 0 aliphatic rings. The molecule has 1 aromatic carbocycles. The molecule has 0 saturated carbocycles. The minimum absolute atomic E-state index is 0.000783. The van der Waals surface area contributed by atoms with Crippen molar-refractivity contribution in [2.75, 3.05) is 20.6 Å². The van der Waals surface area contributed by atoms with Crippen LogP contribution < -0.4 is 5.32 Å². The van der Waals surface area contributed by atoms with Gasteiger partial charge in [0.15, 0.2) is 0 Å². The number of aromatic nitrogens is 1. The minimum Gasteiger partial charge on any atom is -0.347 e. The van der Waals surface area contributed by atoms with E-state index in [1.165, 1.54) is 11.0 Å². The summed E-state index contributed by atoms with van der Waals surface area (Å²) in [5.74, 6) is -0.422. The molecule has 0 aliphatic heterocycles. The van der Waals surface area contributed by atoms with E-state index in [9.17, 15) is 9.59 Å². The molecule has 1 heterocycles. The fraction of sp³-hybridized carbons (Fsp3) is 0.263. The highest BCUT2D eigenvalue weighted by Gasteiger charge is 2.09. The summed E-state index contributed by atoms with van der Waals surface area (Å²) in [4.78, 5) is 24.7. The Balaban J connectivity index is 2.11. The lowest BCUT2D eigenvalue weighted by Gasteiger charge is -2.10. The monoisotopic (exact) mass is 325 g/mol. The molecule has 5 heteroatoms. The summed E-state index contributed by atoms with van der Waals surface area (Å²) in [7, 11) is 3.31. The van der Waals surface area contributed by atoms with E-state index in [4.69, 9.17) is 0 Å². The minimum atomic E-state index is -0.283. The van der Waals surface area contributed by atoms with Crippen LogP contribution in [0, 0.1) is 13.8 Å². The molecule has 1 aromatic heterocycles. The smallest absolute Gasteiger partial charge is 0.244 e. The predicted molar refractivity (Wildman–Crippen MR) is 96.0 cm³/mol. The molecule has 0 unspecified atom stereocenters. The van der Waals surface area contributed by atoms with Gasteiger partial charge < -0.3 is 14.8 Å². The number of para-hydroxylation sites is 1. The molecule has 2 rings (SSSR count). The predicted octanol–water partition coefficient (Wildman–Crippen LogP) is 2.31. The van der Waals surface area contributed by atoms with E-state index < -0.39 is 0 Å². The second-order valence-electron chi connectivity index (χ2n) is 5.84. The van der Waals surface area contributed by atoms with E-state index in [0.29, 0.717) is 0 Å². The van der Waals surface area contributed by atoms with Gasteiger partial charge in [-0.3, -0.25) is 9.59 Å². The van der Waals surface area contributed by atoms with E-state index >= 15 is 0 Å². The molecule has 0 aliphatic carbocycles. The number of aryl methyl sites for hydroxylation is 1. The van der Waals surface area contributed by atoms with Crippen molar-refractivity contribution < 1.29 is 9.59 Å². The zero-order valence-electron chi connectivity index (χ0n) is 14.5. The van der Waals surface area contributed by atoms with Crippen molar-refractivity contribution in [1.82, 2.24) is 14.8 Å². The first-order valence-corrected chi connectivity index (χ1v) is 7.80. The molecule has 0 atom stereocenters. The fourth-order valence-electron chi connectivity index (χ4n) is 2.48. The number of likely N-dealkylation sites (N-methyl/N-ethyl adjacent to an activating group) is 1. The van der Waals surface area contributed by atoms with Gasteiger partial charge in [-0.1, -0.05) is 18.2 Å². The lowest BCUT2D eigenvalue weighted by Crippen LogP contribution is -2.35. The average molecular weight is 325 g/mol. The highest BCUT2D eigenvalue weighted by molar-refractivity contribution is 5.94. The van der Waals surface area contributed by atoms with Crippen LogP contribution in [0.2, 0.25) is 0 Å². The first-order chi connectivity index (χ1) is 11.4. The standard InChI is InChI=1S/C19H23N3O2/c1-14-12-16(10-11-18(23)20-13-19(24)21(3)4)15(2)22(14)17-8-6-5-7-9-17/h5-12H,13H2,1-4H3,(H,20,23)/b11-10+. The average Bonchev–Trinajstić information content (AvgIpc) is 2.85. The molecular formula is C19H23N3O2. The summed E-state index contributed by atoms with van der Waals surface area (Å²) < 4.78 is 2.15. The topological polar surface area (TPSA) is 54.3 Å². The Kier molecular flexibility index (Phi) is 5.58. The number of nitrogens with zero attached hydrogens (tertiary/aromatic N) is 2. The Morgan fingerprint density at radius 1 is 1.17 bits per heavy atom. The van der Waals surface area contributed by atoms with Crippen molar-refractivity contribution in [3.05, 3.63) is 59.4 Å². The third kappa shape index (κ3) is 4.13. The van der Waals surface area contributed by atoms with Gasteiger partial charge in [0.1, 0.15) is 0 Å². The summed E-state index contributed by atoms with van der Waals surface area (Å²) in [6.07, 6.45) is 3.23. The second-order valence-corrected chi connectivity index (χ2v) is 5.84. The van der Waals surface area contributed by atoms with Crippen LogP contribution >= 0.6 is 0 Å². The zero-order valence-corrected chi connectivity index (χ0v) is 14.5. The number of hydrogen-bond acceptors (Lipinski definition) is 2. The van der Waals surface area contributed by atoms with Crippen LogP contribution in [0.25, 0.3) is 11.8 Å². The molecular weight excluding hydrogens is 302 g/mol. The van der Waals surface area contributed by atoms with Crippen LogP contribution in [-0.2, 0) is 9.59 Å². The van der Waals surface area contributed by atoms with Crippen LogP contribution in [0.4, 0.5) is 0 Å². The van der Waals surface area contributed by atoms with E-state index in [2.05, 4.69) is 9.88 Å². The molecule has 24 heavy (non-hydrogen) atoms. The first kappa shape index (κ1) is 17.5. The third-order valence-corrected chi connectivity index (χ3v) is 3.81. The van der Waals surface area contributed by atoms with Crippen LogP contribution in [0.3, 0.4) is 0 Å². The lowest BCUT2D eigenvalue weighted by molar-refractivity contribution is -0.129. The number of carbonyl (C=O) groups is 2. The van der Waals surface area contributed by atoms with Gasteiger partial charge >= 0.3 is 0 Å². The molecule has 2 amide bonds. The van der Waals surface area contributed by atoms with E-state index in [1.807, 2.05) is 50.2 Å². The lowest BCUT2D eigenvalue weighted by atomic mass is 10.2. The fourth-order valence-corrected chi connectivity index (χ4v) is 2.48. The second kappa shape index (κ2) is 7.64. The quantitative estimate of drug-likeness (QED) is 0.858. The van der Waals surface area contributed by atoms with Gasteiger partial charge in [-0.25, -0.2) is 0 Å². The van der Waals surface area contributed by atoms with Gasteiger partial charge in [0.25, 0.3) is 0 Å². The van der Waals surface area contributed by atoms with Crippen molar-refractivity contribution in [2.45, 2.75) is 13.8 Å². The number of hydrogen-bond donors (Lipinski definition) is 1. The van der Waals surface area contributed by atoms with Crippen molar-refractivity contribution in [3.63, 3.8) is 0 Å². The maximum Gasteiger partial charge on any atom is 0.244 e. The highest BCUT2D eigenvalue weighted by Crippen LogP contribution is 2.21. The number of nitrogens with one attached hydrogen (secondary N) is 1. The Morgan fingerprint density at radius 3 is 2.46 bits per heavy atom. The highest BCUT2D eigenvalue weighted by atomic mass is 16.2.